The largest absolute Gasteiger partial charge is 0.507 e. The molecule has 0 aromatic heterocycles. The van der Waals surface area contributed by atoms with Crippen molar-refractivity contribution in [1.29, 1.82) is 0 Å². The summed E-state index contributed by atoms with van der Waals surface area (Å²) in [7, 11) is 0. The van der Waals surface area contributed by atoms with Gasteiger partial charge in [0.05, 0.1) is 11.1 Å². The number of carbonyl (C=O) groups is 1. The molecule has 0 radical (unpaired) electrons. The molecule has 0 unspecified atom stereocenters. The van der Waals surface area contributed by atoms with Crippen molar-refractivity contribution in [2.45, 2.75) is 6.18 Å². The lowest BCUT2D eigenvalue weighted by Gasteiger charge is -2.13. The van der Waals surface area contributed by atoms with E-state index in [1.54, 1.807) is 6.07 Å². The number of rotatable bonds is 2. The number of hydrogen-bond donors (Lipinski definition) is 4. The highest BCUT2D eigenvalue weighted by molar-refractivity contribution is 9.10. The molecule has 0 bridgehead atoms. The highest BCUT2D eigenvalue weighted by atomic mass is 79.9. The van der Waals surface area contributed by atoms with Gasteiger partial charge in [0.15, 0.2) is 5.11 Å². The number of anilines is 1. The third-order valence-electron chi connectivity index (χ3n) is 2.94. The van der Waals surface area contributed by atoms with Gasteiger partial charge in [-0.3, -0.25) is 15.6 Å². The third kappa shape index (κ3) is 5.33. The Balaban J connectivity index is 1.97. The highest BCUT2D eigenvalue weighted by Gasteiger charge is 2.30. The summed E-state index contributed by atoms with van der Waals surface area (Å²) in [6.45, 7) is 0. The summed E-state index contributed by atoms with van der Waals surface area (Å²) in [6, 6.07) is 8.72. The number of nitrogens with one attached hydrogen (secondary N) is 3. The monoisotopic (exact) mass is 433 g/mol. The third-order valence-corrected chi connectivity index (χ3v) is 3.64. The highest BCUT2D eigenvalue weighted by Crippen LogP contribution is 2.30. The SMILES string of the molecule is O=C(NNC(=S)Nc1cccc(C(F)(F)F)c1)c1cc(Br)ccc1O. The fourth-order valence-corrected chi connectivity index (χ4v) is 2.34. The minimum Gasteiger partial charge on any atom is -0.507 e. The van der Waals surface area contributed by atoms with Gasteiger partial charge >= 0.3 is 6.18 Å². The van der Waals surface area contributed by atoms with E-state index < -0.39 is 17.6 Å². The number of amides is 1. The summed E-state index contributed by atoms with van der Waals surface area (Å²) >= 11 is 8.08. The second-order valence-electron chi connectivity index (χ2n) is 4.77. The quantitative estimate of drug-likeness (QED) is 0.428. The lowest BCUT2D eigenvalue weighted by atomic mass is 10.2. The van der Waals surface area contributed by atoms with Crippen molar-refractivity contribution in [1.82, 2.24) is 10.9 Å². The van der Waals surface area contributed by atoms with E-state index in [1.165, 1.54) is 24.3 Å². The van der Waals surface area contributed by atoms with Crippen molar-refractivity contribution in [3.05, 3.63) is 58.1 Å². The summed E-state index contributed by atoms with van der Waals surface area (Å²) in [5.41, 5.74) is 3.85. The van der Waals surface area contributed by atoms with Crippen LogP contribution in [0.15, 0.2) is 46.9 Å². The number of benzene rings is 2. The van der Waals surface area contributed by atoms with E-state index in [-0.39, 0.29) is 22.1 Å². The van der Waals surface area contributed by atoms with E-state index in [2.05, 4.69) is 32.1 Å². The standard InChI is InChI=1S/C15H11BrF3N3O2S/c16-9-4-5-12(23)11(7-9)13(24)21-22-14(25)20-10-3-1-2-8(6-10)15(17,18)19/h1-7,23H,(H,21,24)(H2,20,22,25). The Bertz CT molecular complexity index is 815. The van der Waals surface area contributed by atoms with Gasteiger partial charge in [-0.25, -0.2) is 0 Å². The van der Waals surface area contributed by atoms with Gasteiger partial charge in [-0.05, 0) is 48.6 Å². The average molecular weight is 434 g/mol. The zero-order valence-electron chi connectivity index (χ0n) is 12.3. The first kappa shape index (κ1) is 19.0. The Morgan fingerprint density at radius 2 is 1.84 bits per heavy atom. The molecule has 0 spiro atoms. The second-order valence-corrected chi connectivity index (χ2v) is 6.10. The van der Waals surface area contributed by atoms with Gasteiger partial charge in [0.25, 0.3) is 5.91 Å². The van der Waals surface area contributed by atoms with Crippen molar-refractivity contribution in [2.24, 2.45) is 0 Å². The molecule has 0 saturated heterocycles. The Hall–Kier alpha value is -2.33. The number of hydrogen-bond acceptors (Lipinski definition) is 3. The zero-order chi connectivity index (χ0) is 18.6. The minimum absolute atomic E-state index is 0.0104. The predicted octanol–water partition coefficient (Wildman–Crippen LogP) is 3.80. The lowest BCUT2D eigenvalue weighted by Crippen LogP contribution is -2.43. The topological polar surface area (TPSA) is 73.4 Å². The molecule has 2 rings (SSSR count). The van der Waals surface area contributed by atoms with Crippen molar-refractivity contribution in [3.8, 4) is 5.75 Å². The number of aromatic hydroxyl groups is 1. The van der Waals surface area contributed by atoms with Gasteiger partial charge in [-0.1, -0.05) is 22.0 Å². The molecule has 5 nitrogen and oxygen atoms in total. The van der Waals surface area contributed by atoms with Crippen LogP contribution in [0.4, 0.5) is 18.9 Å². The van der Waals surface area contributed by atoms with Gasteiger partial charge in [0, 0.05) is 10.2 Å². The molecule has 0 saturated carbocycles. The molecule has 1 amide bonds. The Morgan fingerprint density at radius 1 is 1.12 bits per heavy atom. The van der Waals surface area contributed by atoms with Gasteiger partial charge < -0.3 is 10.4 Å². The summed E-state index contributed by atoms with van der Waals surface area (Å²) in [5, 5.41) is 12.0. The van der Waals surface area contributed by atoms with Crippen LogP contribution in [0.5, 0.6) is 5.75 Å². The molecule has 0 fully saturated rings. The fourth-order valence-electron chi connectivity index (χ4n) is 1.81. The van der Waals surface area contributed by atoms with Crippen LogP contribution < -0.4 is 16.2 Å². The smallest absolute Gasteiger partial charge is 0.416 e. The van der Waals surface area contributed by atoms with E-state index in [1.807, 2.05) is 0 Å². The van der Waals surface area contributed by atoms with Crippen molar-refractivity contribution >= 4 is 44.9 Å². The van der Waals surface area contributed by atoms with Crippen LogP contribution in [-0.2, 0) is 6.18 Å². The van der Waals surface area contributed by atoms with Gasteiger partial charge in [0.1, 0.15) is 5.75 Å². The van der Waals surface area contributed by atoms with Crippen LogP contribution in [0.2, 0.25) is 0 Å². The van der Waals surface area contributed by atoms with Gasteiger partial charge in [-0.2, -0.15) is 13.2 Å². The molecular weight excluding hydrogens is 423 g/mol. The van der Waals surface area contributed by atoms with Crippen LogP contribution in [0.3, 0.4) is 0 Å². The molecule has 0 aliphatic rings. The lowest BCUT2D eigenvalue weighted by molar-refractivity contribution is -0.137. The molecule has 0 aliphatic heterocycles. The molecule has 4 N–H and O–H groups in total. The van der Waals surface area contributed by atoms with E-state index in [0.717, 1.165) is 12.1 Å². The number of thiocarbonyl (C=S) groups is 1. The normalized spacial score (nSPS) is 10.9. The van der Waals surface area contributed by atoms with Crippen molar-refractivity contribution < 1.29 is 23.1 Å². The molecule has 2 aromatic carbocycles. The van der Waals surface area contributed by atoms with Crippen molar-refractivity contribution in [2.75, 3.05) is 5.32 Å². The first-order valence-corrected chi connectivity index (χ1v) is 7.90. The Labute approximate surface area is 154 Å². The fraction of sp³-hybridized carbons (Fsp3) is 0.0667. The number of carbonyl (C=O) groups excluding carboxylic acids is 1. The van der Waals surface area contributed by atoms with Gasteiger partial charge in [0.2, 0.25) is 0 Å². The maximum atomic E-state index is 12.7. The van der Waals surface area contributed by atoms with E-state index in [4.69, 9.17) is 12.2 Å². The van der Waals surface area contributed by atoms with E-state index in [9.17, 15) is 23.1 Å². The number of phenolic OH excluding ortho intramolecular Hbond substituents is 1. The van der Waals surface area contributed by atoms with Crippen molar-refractivity contribution in [3.63, 3.8) is 0 Å². The molecule has 2 aromatic rings. The van der Waals surface area contributed by atoms with Crippen LogP contribution in [0.25, 0.3) is 0 Å². The number of alkyl halides is 3. The van der Waals surface area contributed by atoms with E-state index >= 15 is 0 Å². The molecule has 132 valence electrons. The summed E-state index contributed by atoms with van der Waals surface area (Å²) in [6.07, 6.45) is -4.47. The molecule has 0 aliphatic carbocycles. The summed E-state index contributed by atoms with van der Waals surface area (Å²) < 4.78 is 38.6. The zero-order valence-corrected chi connectivity index (χ0v) is 14.7. The molecule has 0 atom stereocenters. The first-order valence-electron chi connectivity index (χ1n) is 6.70. The predicted molar refractivity (Wildman–Crippen MR) is 94.1 cm³/mol. The van der Waals surface area contributed by atoms with Gasteiger partial charge in [-0.15, -0.1) is 0 Å². The van der Waals surface area contributed by atoms with Crippen LogP contribution in [-0.4, -0.2) is 16.1 Å². The molecular formula is C15H11BrF3N3O2S. The Kier molecular flexibility index (Phi) is 5.85. The first-order chi connectivity index (χ1) is 11.7. The maximum Gasteiger partial charge on any atom is 0.416 e. The van der Waals surface area contributed by atoms with E-state index in [0.29, 0.717) is 4.47 Å². The molecule has 25 heavy (non-hydrogen) atoms. The van der Waals surface area contributed by atoms with Crippen LogP contribution in [0.1, 0.15) is 15.9 Å². The number of halogens is 4. The average Bonchev–Trinajstić information content (AvgIpc) is 2.54. The Morgan fingerprint density at radius 3 is 2.52 bits per heavy atom. The van der Waals surface area contributed by atoms with Crippen LogP contribution >= 0.6 is 28.1 Å². The maximum absolute atomic E-state index is 12.7. The molecule has 10 heteroatoms. The molecule has 0 heterocycles. The van der Waals surface area contributed by atoms with Crippen LogP contribution in [0, 0.1) is 0 Å². The second kappa shape index (κ2) is 7.70. The summed E-state index contributed by atoms with van der Waals surface area (Å²) in [5.74, 6) is -0.911. The number of phenols is 1. The number of hydrazine groups is 1. The summed E-state index contributed by atoms with van der Waals surface area (Å²) in [4.78, 5) is 12.0. The minimum atomic E-state index is -4.47.